The van der Waals surface area contributed by atoms with E-state index in [4.69, 9.17) is 4.74 Å². The molecule has 0 N–H and O–H groups in total. The fourth-order valence-electron chi connectivity index (χ4n) is 1.59. The van der Waals surface area contributed by atoms with Crippen molar-refractivity contribution in [1.82, 2.24) is 10.2 Å². The fourth-order valence-corrected chi connectivity index (χ4v) is 1.59. The molecule has 1 saturated carbocycles. The highest BCUT2D eigenvalue weighted by molar-refractivity contribution is 5.85. The van der Waals surface area contributed by atoms with Gasteiger partial charge in [0, 0.05) is 10.8 Å². The van der Waals surface area contributed by atoms with Gasteiger partial charge in [0.25, 0.3) is 0 Å². The summed E-state index contributed by atoms with van der Waals surface area (Å²) in [6.45, 7) is 0.780. The normalized spacial score (nSPS) is 15.5. The number of hydrogen-bond donors (Lipinski definition) is 0. The number of benzene rings is 1. The molecule has 0 bridgehead atoms. The monoisotopic (exact) mass is 200 g/mol. The number of ether oxygens (including phenoxy) is 1. The van der Waals surface area contributed by atoms with Crippen LogP contribution in [-0.4, -0.2) is 16.8 Å². The predicted molar refractivity (Wildman–Crippen MR) is 57.8 cm³/mol. The van der Waals surface area contributed by atoms with E-state index in [2.05, 4.69) is 10.2 Å². The van der Waals surface area contributed by atoms with E-state index in [0.29, 0.717) is 5.88 Å². The molecule has 1 aromatic heterocycles. The maximum absolute atomic E-state index is 5.67. The Morgan fingerprint density at radius 1 is 1.27 bits per heavy atom. The smallest absolute Gasteiger partial charge is 0.241 e. The van der Waals surface area contributed by atoms with Gasteiger partial charge in [0.15, 0.2) is 0 Å². The summed E-state index contributed by atoms with van der Waals surface area (Å²) < 4.78 is 5.67. The Kier molecular flexibility index (Phi) is 2.02. The Morgan fingerprint density at radius 2 is 2.13 bits per heavy atom. The summed E-state index contributed by atoms with van der Waals surface area (Å²) in [6.07, 6.45) is 4.34. The molecule has 0 amide bonds. The molecule has 1 aromatic carbocycles. The third-order valence-corrected chi connectivity index (χ3v) is 2.69. The third kappa shape index (κ3) is 1.77. The Labute approximate surface area is 88.1 Å². The van der Waals surface area contributed by atoms with Crippen LogP contribution in [0, 0.1) is 5.92 Å². The molecule has 1 heterocycles. The Morgan fingerprint density at radius 3 is 3.00 bits per heavy atom. The van der Waals surface area contributed by atoms with Crippen molar-refractivity contribution in [3.8, 4) is 5.88 Å². The van der Waals surface area contributed by atoms with E-state index in [1.807, 2.05) is 24.3 Å². The number of rotatable bonds is 3. The van der Waals surface area contributed by atoms with Gasteiger partial charge >= 0.3 is 0 Å². The van der Waals surface area contributed by atoms with Gasteiger partial charge in [0.2, 0.25) is 5.88 Å². The first-order valence-electron chi connectivity index (χ1n) is 5.27. The Balaban J connectivity index is 1.93. The molecule has 15 heavy (non-hydrogen) atoms. The number of hydrogen-bond acceptors (Lipinski definition) is 3. The van der Waals surface area contributed by atoms with Gasteiger partial charge in [-0.1, -0.05) is 18.2 Å². The first kappa shape index (κ1) is 8.65. The molecule has 0 atom stereocenters. The van der Waals surface area contributed by atoms with E-state index in [9.17, 15) is 0 Å². The van der Waals surface area contributed by atoms with E-state index in [0.717, 1.165) is 23.3 Å². The lowest BCUT2D eigenvalue weighted by molar-refractivity contribution is 0.289. The fraction of sp³-hybridized carbons (Fsp3) is 0.333. The summed E-state index contributed by atoms with van der Waals surface area (Å²) in [7, 11) is 0. The van der Waals surface area contributed by atoms with Crippen molar-refractivity contribution in [2.75, 3.05) is 6.61 Å². The SMILES string of the molecule is c1ccc2c(OCC3CC3)nncc2c1. The first-order chi connectivity index (χ1) is 7.43. The van der Waals surface area contributed by atoms with Crippen molar-refractivity contribution < 1.29 is 4.74 Å². The molecule has 0 saturated heterocycles. The van der Waals surface area contributed by atoms with Gasteiger partial charge in [-0.25, -0.2) is 0 Å². The van der Waals surface area contributed by atoms with Crippen LogP contribution in [0.15, 0.2) is 30.5 Å². The van der Waals surface area contributed by atoms with Gasteiger partial charge in [-0.3, -0.25) is 0 Å². The molecule has 0 radical (unpaired) electrons. The molecule has 0 unspecified atom stereocenters. The lowest BCUT2D eigenvalue weighted by atomic mass is 10.2. The van der Waals surface area contributed by atoms with Crippen molar-refractivity contribution in [3.63, 3.8) is 0 Å². The second-order valence-corrected chi connectivity index (χ2v) is 3.99. The summed E-state index contributed by atoms with van der Waals surface area (Å²) in [5.41, 5.74) is 0. The molecule has 1 aliphatic carbocycles. The predicted octanol–water partition coefficient (Wildman–Crippen LogP) is 2.42. The molecule has 3 heteroatoms. The maximum atomic E-state index is 5.67. The summed E-state index contributed by atoms with van der Waals surface area (Å²) >= 11 is 0. The van der Waals surface area contributed by atoms with Crippen molar-refractivity contribution >= 4 is 10.8 Å². The third-order valence-electron chi connectivity index (χ3n) is 2.69. The lowest BCUT2D eigenvalue weighted by Gasteiger charge is -2.05. The highest BCUT2D eigenvalue weighted by Gasteiger charge is 2.22. The summed E-state index contributed by atoms with van der Waals surface area (Å²) in [4.78, 5) is 0. The molecular weight excluding hydrogens is 188 g/mol. The van der Waals surface area contributed by atoms with Crippen LogP contribution >= 0.6 is 0 Å². The molecule has 1 fully saturated rings. The standard InChI is InChI=1S/C12H12N2O/c1-2-4-11-10(3-1)7-13-14-12(11)15-8-9-5-6-9/h1-4,7,9H,5-6,8H2. The van der Waals surface area contributed by atoms with Crippen molar-refractivity contribution in [2.24, 2.45) is 5.92 Å². The number of nitrogens with zero attached hydrogens (tertiary/aromatic N) is 2. The van der Waals surface area contributed by atoms with Crippen molar-refractivity contribution in [1.29, 1.82) is 0 Å². The molecule has 76 valence electrons. The van der Waals surface area contributed by atoms with Gasteiger partial charge in [-0.05, 0) is 24.8 Å². The topological polar surface area (TPSA) is 35.0 Å². The molecule has 0 spiro atoms. The van der Waals surface area contributed by atoms with Gasteiger partial charge in [-0.15, -0.1) is 5.10 Å². The van der Waals surface area contributed by atoms with Crippen molar-refractivity contribution in [3.05, 3.63) is 30.5 Å². The molecule has 0 aliphatic heterocycles. The van der Waals surface area contributed by atoms with E-state index in [1.54, 1.807) is 6.20 Å². The minimum absolute atomic E-state index is 0.667. The van der Waals surface area contributed by atoms with Gasteiger partial charge < -0.3 is 4.74 Å². The zero-order chi connectivity index (χ0) is 10.1. The largest absolute Gasteiger partial charge is 0.476 e. The average molecular weight is 200 g/mol. The molecule has 2 aromatic rings. The highest BCUT2D eigenvalue weighted by atomic mass is 16.5. The second kappa shape index (κ2) is 3.50. The Hall–Kier alpha value is -1.64. The second-order valence-electron chi connectivity index (χ2n) is 3.99. The van der Waals surface area contributed by atoms with E-state index in [-0.39, 0.29) is 0 Å². The van der Waals surface area contributed by atoms with Crippen LogP contribution in [0.2, 0.25) is 0 Å². The Bertz CT molecular complexity index is 475. The van der Waals surface area contributed by atoms with Gasteiger partial charge in [0.05, 0.1) is 12.8 Å². The average Bonchev–Trinajstić information content (AvgIpc) is 3.10. The van der Waals surface area contributed by atoms with E-state index < -0.39 is 0 Å². The summed E-state index contributed by atoms with van der Waals surface area (Å²) in [5, 5.41) is 10.1. The summed E-state index contributed by atoms with van der Waals surface area (Å²) in [6, 6.07) is 8.03. The van der Waals surface area contributed by atoms with Crippen molar-refractivity contribution in [2.45, 2.75) is 12.8 Å². The molecule has 3 rings (SSSR count). The number of fused-ring (bicyclic) bond motifs is 1. The zero-order valence-corrected chi connectivity index (χ0v) is 8.39. The first-order valence-corrected chi connectivity index (χ1v) is 5.27. The van der Waals surface area contributed by atoms with Crippen LogP contribution in [0.25, 0.3) is 10.8 Å². The summed E-state index contributed by atoms with van der Waals surface area (Å²) in [5.74, 6) is 1.41. The zero-order valence-electron chi connectivity index (χ0n) is 8.39. The van der Waals surface area contributed by atoms with Crippen LogP contribution in [-0.2, 0) is 0 Å². The van der Waals surface area contributed by atoms with E-state index >= 15 is 0 Å². The maximum Gasteiger partial charge on any atom is 0.241 e. The molecule has 1 aliphatic rings. The van der Waals surface area contributed by atoms with Gasteiger partial charge in [-0.2, -0.15) is 5.10 Å². The molecule has 3 nitrogen and oxygen atoms in total. The highest BCUT2D eigenvalue weighted by Crippen LogP contribution is 2.30. The lowest BCUT2D eigenvalue weighted by Crippen LogP contribution is -2.02. The van der Waals surface area contributed by atoms with E-state index in [1.165, 1.54) is 12.8 Å². The van der Waals surface area contributed by atoms with Crippen LogP contribution in [0.4, 0.5) is 0 Å². The van der Waals surface area contributed by atoms with Crippen LogP contribution in [0.1, 0.15) is 12.8 Å². The van der Waals surface area contributed by atoms with Crippen LogP contribution < -0.4 is 4.74 Å². The molecular formula is C12H12N2O. The minimum Gasteiger partial charge on any atom is -0.476 e. The van der Waals surface area contributed by atoms with Crippen LogP contribution in [0.3, 0.4) is 0 Å². The minimum atomic E-state index is 0.667. The van der Waals surface area contributed by atoms with Crippen LogP contribution in [0.5, 0.6) is 5.88 Å². The van der Waals surface area contributed by atoms with Gasteiger partial charge in [0.1, 0.15) is 0 Å². The number of aromatic nitrogens is 2. The quantitative estimate of drug-likeness (QED) is 0.763.